The summed E-state index contributed by atoms with van der Waals surface area (Å²) in [7, 11) is 0. The third kappa shape index (κ3) is 5.88. The number of nitrogens with one attached hydrogen (secondary N) is 1. The summed E-state index contributed by atoms with van der Waals surface area (Å²) < 4.78 is 1.04. The average molecular weight is 440 g/mol. The van der Waals surface area contributed by atoms with Crippen LogP contribution >= 0.6 is 28.1 Å². The smallest absolute Gasteiger partial charge is 0.174 e. The number of pyridine rings is 1. The molecule has 27 heavy (non-hydrogen) atoms. The molecule has 0 atom stereocenters. The second kappa shape index (κ2) is 9.62. The van der Waals surface area contributed by atoms with E-state index in [-0.39, 0.29) is 0 Å². The highest BCUT2D eigenvalue weighted by molar-refractivity contribution is 9.10. The monoisotopic (exact) mass is 439 g/mol. The first-order chi connectivity index (χ1) is 13.1. The van der Waals surface area contributed by atoms with E-state index >= 15 is 0 Å². The van der Waals surface area contributed by atoms with Crippen molar-refractivity contribution in [2.45, 2.75) is 26.4 Å². The van der Waals surface area contributed by atoms with Gasteiger partial charge in [-0.05, 0) is 65.7 Å². The Morgan fingerprint density at radius 2 is 1.63 bits per heavy atom. The van der Waals surface area contributed by atoms with E-state index in [2.05, 4.69) is 68.4 Å². The van der Waals surface area contributed by atoms with Crippen LogP contribution in [-0.4, -0.2) is 15.0 Å². The number of nitrogens with zero attached hydrogens (tertiary/aromatic N) is 2. The van der Waals surface area contributed by atoms with Gasteiger partial charge >= 0.3 is 0 Å². The predicted octanol–water partition coefficient (Wildman–Crippen LogP) is 5.81. The Hall–Kier alpha value is -2.24. The second-order valence-corrected chi connectivity index (χ2v) is 7.63. The first kappa shape index (κ1) is 19.5. The van der Waals surface area contributed by atoms with Crippen molar-refractivity contribution < 1.29 is 0 Å². The maximum Gasteiger partial charge on any atom is 0.174 e. The van der Waals surface area contributed by atoms with Crippen LogP contribution in [0, 0.1) is 0 Å². The van der Waals surface area contributed by atoms with E-state index in [0.717, 1.165) is 28.7 Å². The van der Waals surface area contributed by atoms with Gasteiger partial charge in [0.1, 0.15) is 0 Å². The summed E-state index contributed by atoms with van der Waals surface area (Å²) in [6.07, 6.45) is 4.72. The van der Waals surface area contributed by atoms with E-state index in [4.69, 9.17) is 12.2 Å². The number of benzene rings is 2. The molecule has 2 aromatic carbocycles. The van der Waals surface area contributed by atoms with E-state index in [9.17, 15) is 0 Å². The van der Waals surface area contributed by atoms with Gasteiger partial charge in [-0.1, -0.05) is 53.2 Å². The van der Waals surface area contributed by atoms with Crippen LogP contribution in [0.15, 0.2) is 77.5 Å². The molecule has 1 heterocycles. The Kier molecular flexibility index (Phi) is 6.96. The Bertz CT molecular complexity index is 864. The van der Waals surface area contributed by atoms with Crippen molar-refractivity contribution in [1.29, 1.82) is 0 Å². The van der Waals surface area contributed by atoms with Crippen molar-refractivity contribution in [1.82, 2.24) is 9.88 Å². The van der Waals surface area contributed by atoms with Gasteiger partial charge < -0.3 is 10.2 Å². The number of aromatic nitrogens is 1. The van der Waals surface area contributed by atoms with Crippen molar-refractivity contribution in [3.05, 3.63) is 94.2 Å². The summed E-state index contributed by atoms with van der Waals surface area (Å²) in [6, 6.07) is 20.8. The maximum absolute atomic E-state index is 5.72. The number of halogens is 1. The summed E-state index contributed by atoms with van der Waals surface area (Å²) in [5.41, 5.74) is 4.67. The number of rotatable bonds is 6. The van der Waals surface area contributed by atoms with Crippen LogP contribution < -0.4 is 5.32 Å². The van der Waals surface area contributed by atoms with Crippen LogP contribution in [0.25, 0.3) is 0 Å². The zero-order chi connectivity index (χ0) is 19.1. The number of aryl methyl sites for hydroxylation is 1. The molecular weight excluding hydrogens is 418 g/mol. The van der Waals surface area contributed by atoms with E-state index in [1.165, 1.54) is 11.1 Å². The van der Waals surface area contributed by atoms with Gasteiger partial charge in [0.05, 0.1) is 0 Å². The number of thiocarbonyl (C=S) groups is 1. The Morgan fingerprint density at radius 1 is 0.963 bits per heavy atom. The minimum atomic E-state index is 0.695. The van der Waals surface area contributed by atoms with Crippen LogP contribution in [0.3, 0.4) is 0 Å². The summed E-state index contributed by atoms with van der Waals surface area (Å²) >= 11 is 9.18. The van der Waals surface area contributed by atoms with Gasteiger partial charge in [0.15, 0.2) is 5.11 Å². The van der Waals surface area contributed by atoms with Crippen LogP contribution in [0.2, 0.25) is 0 Å². The molecule has 0 radical (unpaired) electrons. The van der Waals surface area contributed by atoms with Crippen molar-refractivity contribution in [2.75, 3.05) is 5.32 Å². The van der Waals surface area contributed by atoms with Gasteiger partial charge in [0, 0.05) is 35.6 Å². The normalized spacial score (nSPS) is 10.4. The fourth-order valence-corrected chi connectivity index (χ4v) is 3.26. The van der Waals surface area contributed by atoms with E-state index in [1.807, 2.05) is 36.5 Å². The molecule has 0 spiro atoms. The zero-order valence-electron chi connectivity index (χ0n) is 15.2. The van der Waals surface area contributed by atoms with Crippen LogP contribution in [0.4, 0.5) is 5.69 Å². The SMILES string of the molecule is CCc1ccc(CN(Cc2cccnc2)C(=S)Nc2ccc(Br)cc2)cc1. The van der Waals surface area contributed by atoms with E-state index < -0.39 is 0 Å². The lowest BCUT2D eigenvalue weighted by molar-refractivity contribution is 0.412. The summed E-state index contributed by atoms with van der Waals surface area (Å²) in [6.45, 7) is 3.61. The van der Waals surface area contributed by atoms with Gasteiger partial charge in [0.25, 0.3) is 0 Å². The van der Waals surface area contributed by atoms with Crippen LogP contribution in [0.1, 0.15) is 23.6 Å². The van der Waals surface area contributed by atoms with Crippen LogP contribution in [0.5, 0.6) is 0 Å². The summed E-state index contributed by atoms with van der Waals surface area (Å²) in [5.74, 6) is 0. The van der Waals surface area contributed by atoms with E-state index in [0.29, 0.717) is 11.7 Å². The molecule has 0 aliphatic rings. The molecule has 3 rings (SSSR count). The molecule has 3 nitrogen and oxygen atoms in total. The second-order valence-electron chi connectivity index (χ2n) is 6.32. The number of hydrogen-bond acceptors (Lipinski definition) is 2. The highest BCUT2D eigenvalue weighted by Gasteiger charge is 2.12. The topological polar surface area (TPSA) is 28.2 Å². The zero-order valence-corrected chi connectivity index (χ0v) is 17.6. The molecule has 0 amide bonds. The molecule has 138 valence electrons. The average Bonchev–Trinajstić information content (AvgIpc) is 2.70. The summed E-state index contributed by atoms with van der Waals surface area (Å²) in [4.78, 5) is 6.39. The number of anilines is 1. The first-order valence-corrected chi connectivity index (χ1v) is 10.1. The van der Waals surface area contributed by atoms with Crippen molar-refractivity contribution in [2.24, 2.45) is 0 Å². The third-order valence-electron chi connectivity index (χ3n) is 4.28. The maximum atomic E-state index is 5.72. The van der Waals surface area contributed by atoms with Crippen molar-refractivity contribution in [3.63, 3.8) is 0 Å². The molecule has 0 aliphatic carbocycles. The molecule has 3 aromatic rings. The van der Waals surface area contributed by atoms with E-state index in [1.54, 1.807) is 6.20 Å². The molecular formula is C22H22BrN3S. The van der Waals surface area contributed by atoms with Gasteiger partial charge in [-0.2, -0.15) is 0 Å². The third-order valence-corrected chi connectivity index (χ3v) is 5.17. The lowest BCUT2D eigenvalue weighted by Crippen LogP contribution is -2.33. The molecule has 0 fully saturated rings. The predicted molar refractivity (Wildman–Crippen MR) is 120 cm³/mol. The molecule has 1 aromatic heterocycles. The van der Waals surface area contributed by atoms with Gasteiger partial charge in [-0.15, -0.1) is 0 Å². The van der Waals surface area contributed by atoms with Gasteiger partial charge in [-0.25, -0.2) is 0 Å². The fourth-order valence-electron chi connectivity index (χ4n) is 2.75. The lowest BCUT2D eigenvalue weighted by atomic mass is 10.1. The number of hydrogen-bond donors (Lipinski definition) is 1. The summed E-state index contributed by atoms with van der Waals surface area (Å²) in [5, 5.41) is 4.04. The standard InChI is InChI=1S/C22H22BrN3S/c1-2-17-5-7-18(8-6-17)15-26(16-19-4-3-13-24-14-19)22(27)25-21-11-9-20(23)10-12-21/h3-14H,2,15-16H2,1H3,(H,25,27). The Morgan fingerprint density at radius 3 is 2.26 bits per heavy atom. The van der Waals surface area contributed by atoms with Gasteiger partial charge in [0.2, 0.25) is 0 Å². The molecule has 0 bridgehead atoms. The minimum absolute atomic E-state index is 0.695. The Labute approximate surface area is 174 Å². The molecule has 0 aliphatic heterocycles. The first-order valence-electron chi connectivity index (χ1n) is 8.92. The largest absolute Gasteiger partial charge is 0.340 e. The Balaban J connectivity index is 1.77. The van der Waals surface area contributed by atoms with Crippen molar-refractivity contribution >= 4 is 38.9 Å². The van der Waals surface area contributed by atoms with Crippen molar-refractivity contribution in [3.8, 4) is 0 Å². The molecule has 0 saturated heterocycles. The minimum Gasteiger partial charge on any atom is -0.340 e. The van der Waals surface area contributed by atoms with Gasteiger partial charge in [-0.3, -0.25) is 4.98 Å². The lowest BCUT2D eigenvalue weighted by Gasteiger charge is -2.26. The fraction of sp³-hybridized carbons (Fsp3) is 0.182. The molecule has 1 N–H and O–H groups in total. The highest BCUT2D eigenvalue weighted by atomic mass is 79.9. The highest BCUT2D eigenvalue weighted by Crippen LogP contribution is 2.17. The molecule has 5 heteroatoms. The molecule has 0 saturated carbocycles. The molecule has 0 unspecified atom stereocenters. The van der Waals surface area contributed by atoms with Crippen LogP contribution in [-0.2, 0) is 19.5 Å². The quantitative estimate of drug-likeness (QED) is 0.490.